The van der Waals surface area contributed by atoms with Gasteiger partial charge in [-0.2, -0.15) is 0 Å². The van der Waals surface area contributed by atoms with E-state index in [4.69, 9.17) is 9.84 Å². The van der Waals surface area contributed by atoms with E-state index in [1.807, 2.05) is 24.3 Å². The minimum atomic E-state index is -0.192. The molecular formula is C15H18N2O3. The number of H-pyrrole nitrogens is 1. The number of aromatic nitrogens is 2. The van der Waals surface area contributed by atoms with E-state index in [-0.39, 0.29) is 12.2 Å². The molecule has 0 atom stereocenters. The van der Waals surface area contributed by atoms with Gasteiger partial charge in [0.2, 0.25) is 0 Å². The second kappa shape index (κ2) is 6.45. The van der Waals surface area contributed by atoms with Crippen LogP contribution in [0.25, 0.3) is 11.4 Å². The van der Waals surface area contributed by atoms with Gasteiger partial charge in [-0.3, -0.25) is 4.79 Å². The number of nitrogens with zero attached hydrogens (tertiary/aromatic N) is 1. The lowest BCUT2D eigenvalue weighted by Crippen LogP contribution is -2.18. The van der Waals surface area contributed by atoms with E-state index in [0.717, 1.165) is 11.1 Å². The Morgan fingerprint density at radius 2 is 2.00 bits per heavy atom. The van der Waals surface area contributed by atoms with Gasteiger partial charge < -0.3 is 14.8 Å². The summed E-state index contributed by atoms with van der Waals surface area (Å²) < 4.78 is 5.06. The highest BCUT2D eigenvalue weighted by molar-refractivity contribution is 5.55. The van der Waals surface area contributed by atoms with Crippen molar-refractivity contribution in [3.63, 3.8) is 0 Å². The Labute approximate surface area is 117 Å². The standard InChI is InChI=1S/C15H18N2O3/c1-10-13(7-8-18)15(19)17-14(16-10)12-5-3-11(4-6-12)9-20-2/h3-6,18H,7-9H2,1-2H3,(H,16,17,19). The van der Waals surface area contributed by atoms with Crippen molar-refractivity contribution in [1.29, 1.82) is 0 Å². The fourth-order valence-electron chi connectivity index (χ4n) is 2.08. The molecule has 0 aliphatic heterocycles. The van der Waals surface area contributed by atoms with Gasteiger partial charge in [0.15, 0.2) is 0 Å². The van der Waals surface area contributed by atoms with Crippen molar-refractivity contribution in [3.8, 4) is 11.4 Å². The largest absolute Gasteiger partial charge is 0.396 e. The van der Waals surface area contributed by atoms with Crippen molar-refractivity contribution in [3.05, 3.63) is 51.4 Å². The normalized spacial score (nSPS) is 10.8. The molecule has 1 heterocycles. The molecule has 0 saturated carbocycles. The molecule has 1 aromatic heterocycles. The number of aromatic amines is 1. The zero-order chi connectivity index (χ0) is 14.5. The molecule has 0 bridgehead atoms. The van der Waals surface area contributed by atoms with Crippen LogP contribution >= 0.6 is 0 Å². The Morgan fingerprint density at radius 1 is 1.30 bits per heavy atom. The van der Waals surface area contributed by atoms with Crippen LogP contribution in [0, 0.1) is 6.92 Å². The van der Waals surface area contributed by atoms with Gasteiger partial charge in [-0.05, 0) is 12.5 Å². The van der Waals surface area contributed by atoms with Crippen LogP contribution in [-0.4, -0.2) is 28.8 Å². The van der Waals surface area contributed by atoms with Crippen LogP contribution in [0.5, 0.6) is 0 Å². The molecule has 0 spiro atoms. The van der Waals surface area contributed by atoms with E-state index < -0.39 is 0 Å². The van der Waals surface area contributed by atoms with Gasteiger partial charge in [0.1, 0.15) is 5.82 Å². The molecule has 5 heteroatoms. The number of hydrogen-bond acceptors (Lipinski definition) is 4. The molecule has 0 unspecified atom stereocenters. The van der Waals surface area contributed by atoms with Gasteiger partial charge in [0.05, 0.1) is 6.61 Å². The molecule has 5 nitrogen and oxygen atoms in total. The van der Waals surface area contributed by atoms with Crippen molar-refractivity contribution in [1.82, 2.24) is 9.97 Å². The predicted molar refractivity (Wildman–Crippen MR) is 76.5 cm³/mol. The number of aliphatic hydroxyl groups excluding tert-OH is 1. The Morgan fingerprint density at radius 3 is 2.55 bits per heavy atom. The minimum Gasteiger partial charge on any atom is -0.396 e. The maximum Gasteiger partial charge on any atom is 0.254 e. The molecular weight excluding hydrogens is 256 g/mol. The molecule has 2 N–H and O–H groups in total. The number of aliphatic hydroxyl groups is 1. The lowest BCUT2D eigenvalue weighted by molar-refractivity contribution is 0.185. The minimum absolute atomic E-state index is 0.0589. The number of rotatable bonds is 5. The summed E-state index contributed by atoms with van der Waals surface area (Å²) >= 11 is 0. The van der Waals surface area contributed by atoms with Crippen LogP contribution in [-0.2, 0) is 17.8 Å². The molecule has 1 aromatic carbocycles. The zero-order valence-corrected chi connectivity index (χ0v) is 11.6. The summed E-state index contributed by atoms with van der Waals surface area (Å²) in [7, 11) is 1.65. The highest BCUT2D eigenvalue weighted by Gasteiger charge is 2.09. The molecule has 106 valence electrons. The van der Waals surface area contributed by atoms with Gasteiger partial charge in [-0.25, -0.2) is 4.98 Å². The Balaban J connectivity index is 2.35. The third-order valence-electron chi connectivity index (χ3n) is 3.12. The van der Waals surface area contributed by atoms with Crippen LogP contribution in [0.3, 0.4) is 0 Å². The second-order valence-electron chi connectivity index (χ2n) is 4.58. The number of methoxy groups -OCH3 is 1. The maximum absolute atomic E-state index is 12.0. The Hall–Kier alpha value is -1.98. The van der Waals surface area contributed by atoms with Crippen LogP contribution in [0.2, 0.25) is 0 Å². The summed E-state index contributed by atoms with van der Waals surface area (Å²) in [6.07, 6.45) is 0.321. The molecule has 0 radical (unpaired) electrons. The first kappa shape index (κ1) is 14.4. The molecule has 2 rings (SSSR count). The first-order chi connectivity index (χ1) is 9.65. The first-order valence-corrected chi connectivity index (χ1v) is 6.44. The molecule has 20 heavy (non-hydrogen) atoms. The molecule has 0 aliphatic carbocycles. The fourth-order valence-corrected chi connectivity index (χ4v) is 2.08. The topological polar surface area (TPSA) is 75.2 Å². The summed E-state index contributed by atoms with van der Waals surface area (Å²) in [5.41, 5.74) is 2.90. The van der Waals surface area contributed by atoms with Crippen LogP contribution in [0.1, 0.15) is 16.8 Å². The zero-order valence-electron chi connectivity index (χ0n) is 11.6. The highest BCUT2D eigenvalue weighted by Crippen LogP contribution is 2.16. The van der Waals surface area contributed by atoms with E-state index in [1.54, 1.807) is 14.0 Å². The third kappa shape index (κ3) is 3.12. The molecule has 0 saturated heterocycles. The predicted octanol–water partition coefficient (Wildman–Crippen LogP) is 1.43. The molecule has 0 fully saturated rings. The van der Waals surface area contributed by atoms with Crippen LogP contribution < -0.4 is 5.56 Å². The summed E-state index contributed by atoms with van der Waals surface area (Å²) in [5, 5.41) is 8.94. The number of ether oxygens (including phenoxy) is 1. The lowest BCUT2D eigenvalue weighted by atomic mass is 10.1. The number of hydrogen-bond donors (Lipinski definition) is 2. The van der Waals surface area contributed by atoms with Crippen molar-refractivity contribution in [2.45, 2.75) is 20.0 Å². The van der Waals surface area contributed by atoms with Crippen molar-refractivity contribution < 1.29 is 9.84 Å². The summed E-state index contributed by atoms with van der Waals surface area (Å²) in [4.78, 5) is 19.1. The highest BCUT2D eigenvalue weighted by atomic mass is 16.5. The SMILES string of the molecule is COCc1ccc(-c2nc(C)c(CCO)c(=O)[nH]2)cc1. The summed E-state index contributed by atoms with van der Waals surface area (Å²) in [6, 6.07) is 7.68. The van der Waals surface area contributed by atoms with E-state index in [1.165, 1.54) is 0 Å². The summed E-state index contributed by atoms with van der Waals surface area (Å²) in [6.45, 7) is 2.28. The van der Waals surface area contributed by atoms with E-state index in [0.29, 0.717) is 30.1 Å². The van der Waals surface area contributed by atoms with Gasteiger partial charge in [0, 0.05) is 37.0 Å². The van der Waals surface area contributed by atoms with E-state index >= 15 is 0 Å². The third-order valence-corrected chi connectivity index (χ3v) is 3.12. The van der Waals surface area contributed by atoms with Crippen molar-refractivity contribution in [2.75, 3.05) is 13.7 Å². The Bertz CT molecular complexity index is 633. The van der Waals surface area contributed by atoms with Gasteiger partial charge in [0.25, 0.3) is 5.56 Å². The number of nitrogens with one attached hydrogen (secondary N) is 1. The summed E-state index contributed by atoms with van der Waals surface area (Å²) in [5.74, 6) is 0.540. The molecule has 2 aromatic rings. The van der Waals surface area contributed by atoms with Gasteiger partial charge in [-0.1, -0.05) is 24.3 Å². The average Bonchev–Trinajstić information content (AvgIpc) is 2.44. The lowest BCUT2D eigenvalue weighted by Gasteiger charge is -2.07. The molecule has 0 amide bonds. The van der Waals surface area contributed by atoms with E-state index in [2.05, 4.69) is 9.97 Å². The second-order valence-corrected chi connectivity index (χ2v) is 4.58. The van der Waals surface area contributed by atoms with Crippen LogP contribution in [0.15, 0.2) is 29.1 Å². The first-order valence-electron chi connectivity index (χ1n) is 6.44. The number of aryl methyl sites for hydroxylation is 1. The van der Waals surface area contributed by atoms with Gasteiger partial charge in [-0.15, -0.1) is 0 Å². The Kier molecular flexibility index (Phi) is 4.65. The van der Waals surface area contributed by atoms with Crippen molar-refractivity contribution in [2.24, 2.45) is 0 Å². The van der Waals surface area contributed by atoms with Crippen LogP contribution in [0.4, 0.5) is 0 Å². The maximum atomic E-state index is 12.0. The van der Waals surface area contributed by atoms with Crippen molar-refractivity contribution >= 4 is 0 Å². The number of benzene rings is 1. The quantitative estimate of drug-likeness (QED) is 0.864. The monoisotopic (exact) mass is 274 g/mol. The fraction of sp³-hybridized carbons (Fsp3) is 0.333. The van der Waals surface area contributed by atoms with E-state index in [9.17, 15) is 4.79 Å². The molecule has 0 aliphatic rings. The average molecular weight is 274 g/mol. The smallest absolute Gasteiger partial charge is 0.254 e. The van der Waals surface area contributed by atoms with Gasteiger partial charge >= 0.3 is 0 Å².